The van der Waals surface area contributed by atoms with E-state index in [1.807, 2.05) is 38.1 Å². The molecule has 1 aromatic carbocycles. The van der Waals surface area contributed by atoms with Crippen molar-refractivity contribution in [1.29, 1.82) is 0 Å². The lowest BCUT2D eigenvalue weighted by Gasteiger charge is -2.12. The van der Waals surface area contributed by atoms with E-state index in [9.17, 15) is 4.79 Å². The average molecular weight is 290 g/mol. The van der Waals surface area contributed by atoms with Gasteiger partial charge in [0.05, 0.1) is 19.7 Å². The molecule has 21 heavy (non-hydrogen) atoms. The van der Waals surface area contributed by atoms with E-state index in [1.165, 1.54) is 0 Å². The minimum Gasteiger partial charge on any atom is -0.493 e. The first-order valence-electron chi connectivity index (χ1n) is 7.22. The molecule has 0 aliphatic rings. The first kappa shape index (κ1) is 15.4. The van der Waals surface area contributed by atoms with Crippen LogP contribution in [0.15, 0.2) is 28.7 Å². The fourth-order valence-electron chi connectivity index (χ4n) is 2.09. The lowest BCUT2D eigenvalue weighted by Crippen LogP contribution is -2.41. The van der Waals surface area contributed by atoms with Crippen molar-refractivity contribution in [2.24, 2.45) is 0 Å². The number of carbonyl (C=O) groups excluding carboxylic acids is 1. The summed E-state index contributed by atoms with van der Waals surface area (Å²) in [6.45, 7) is 5.07. The lowest BCUT2D eigenvalue weighted by atomic mass is 10.2. The minimum atomic E-state index is -0.258. The van der Waals surface area contributed by atoms with Crippen LogP contribution >= 0.6 is 0 Å². The van der Waals surface area contributed by atoms with Crippen molar-refractivity contribution >= 4 is 16.9 Å². The fraction of sp³-hybridized carbons (Fsp3) is 0.438. The smallest absolute Gasteiger partial charge is 0.236 e. The molecule has 114 valence electrons. The second-order valence-corrected chi connectivity index (χ2v) is 4.98. The van der Waals surface area contributed by atoms with Crippen LogP contribution in [-0.4, -0.2) is 25.6 Å². The molecule has 5 heteroatoms. The Balaban J connectivity index is 1.99. The highest BCUT2D eigenvalue weighted by atomic mass is 16.5. The van der Waals surface area contributed by atoms with Gasteiger partial charge in [0.2, 0.25) is 5.91 Å². The van der Waals surface area contributed by atoms with Crippen LogP contribution in [0.4, 0.5) is 0 Å². The normalized spacial score (nSPS) is 12.3. The Kier molecular flexibility index (Phi) is 5.22. The molecule has 1 atom stereocenters. The van der Waals surface area contributed by atoms with Gasteiger partial charge in [-0.25, -0.2) is 0 Å². The summed E-state index contributed by atoms with van der Waals surface area (Å²) in [5.74, 6) is 1.50. The zero-order chi connectivity index (χ0) is 15.2. The molecule has 1 amide bonds. The molecule has 0 bridgehead atoms. The van der Waals surface area contributed by atoms with Crippen molar-refractivity contribution in [2.45, 2.75) is 32.9 Å². The number of nitrogens with one attached hydrogen (secondary N) is 2. The molecular weight excluding hydrogens is 268 g/mol. The summed E-state index contributed by atoms with van der Waals surface area (Å²) in [6, 6.07) is 7.47. The third kappa shape index (κ3) is 3.76. The van der Waals surface area contributed by atoms with Gasteiger partial charge in [-0.1, -0.05) is 19.1 Å². The number of ether oxygens (including phenoxy) is 1. The molecule has 0 aliphatic carbocycles. The lowest BCUT2D eigenvalue weighted by molar-refractivity contribution is -0.122. The predicted molar refractivity (Wildman–Crippen MR) is 82.4 cm³/mol. The van der Waals surface area contributed by atoms with Gasteiger partial charge in [-0.3, -0.25) is 10.1 Å². The molecule has 0 spiro atoms. The number of carbonyl (C=O) groups is 1. The molecule has 1 unspecified atom stereocenters. The van der Waals surface area contributed by atoms with E-state index in [0.717, 1.165) is 23.2 Å². The van der Waals surface area contributed by atoms with Gasteiger partial charge < -0.3 is 14.5 Å². The van der Waals surface area contributed by atoms with Crippen molar-refractivity contribution in [1.82, 2.24) is 10.6 Å². The van der Waals surface area contributed by atoms with E-state index in [0.29, 0.717) is 18.8 Å². The van der Waals surface area contributed by atoms with Crippen molar-refractivity contribution in [3.63, 3.8) is 0 Å². The Bertz CT molecular complexity index is 607. The number of fused-ring (bicyclic) bond motifs is 1. The number of furan rings is 1. The second-order valence-electron chi connectivity index (χ2n) is 4.98. The quantitative estimate of drug-likeness (QED) is 0.822. The zero-order valence-electron chi connectivity index (χ0n) is 12.7. The molecule has 0 saturated carbocycles. The third-order valence-electron chi connectivity index (χ3n) is 3.30. The maximum atomic E-state index is 11.8. The second kappa shape index (κ2) is 7.13. The summed E-state index contributed by atoms with van der Waals surface area (Å²) in [6.07, 6.45) is 0.932. The maximum Gasteiger partial charge on any atom is 0.236 e. The summed E-state index contributed by atoms with van der Waals surface area (Å²) in [5.41, 5.74) is 0.736. The van der Waals surface area contributed by atoms with Crippen molar-refractivity contribution in [3.8, 4) is 5.75 Å². The number of hydrogen-bond donors (Lipinski definition) is 2. The minimum absolute atomic E-state index is 0.00513. The SMILES string of the molecule is CCCNC(=O)C(C)NCc1cc2cccc(OC)c2o1. The molecule has 2 N–H and O–H groups in total. The van der Waals surface area contributed by atoms with Gasteiger partial charge in [-0.05, 0) is 25.5 Å². The summed E-state index contributed by atoms with van der Waals surface area (Å²) in [7, 11) is 1.62. The maximum absolute atomic E-state index is 11.8. The van der Waals surface area contributed by atoms with Gasteiger partial charge in [-0.2, -0.15) is 0 Å². The number of amides is 1. The molecule has 0 fully saturated rings. The monoisotopic (exact) mass is 290 g/mol. The molecule has 0 saturated heterocycles. The summed E-state index contributed by atoms with van der Waals surface area (Å²) in [4.78, 5) is 11.8. The van der Waals surface area contributed by atoms with Crippen molar-refractivity contribution in [3.05, 3.63) is 30.0 Å². The Morgan fingerprint density at radius 3 is 2.95 bits per heavy atom. The molecule has 2 aromatic rings. The van der Waals surface area contributed by atoms with E-state index >= 15 is 0 Å². The third-order valence-corrected chi connectivity index (χ3v) is 3.30. The number of hydrogen-bond acceptors (Lipinski definition) is 4. The summed E-state index contributed by atoms with van der Waals surface area (Å²) in [5, 5.41) is 7.02. The van der Waals surface area contributed by atoms with E-state index in [4.69, 9.17) is 9.15 Å². The Morgan fingerprint density at radius 1 is 1.43 bits per heavy atom. The molecule has 0 radical (unpaired) electrons. The molecular formula is C16H22N2O3. The zero-order valence-corrected chi connectivity index (χ0v) is 12.7. The molecule has 5 nitrogen and oxygen atoms in total. The number of benzene rings is 1. The van der Waals surface area contributed by atoms with E-state index in [-0.39, 0.29) is 11.9 Å². The Labute approximate surface area is 124 Å². The summed E-state index contributed by atoms with van der Waals surface area (Å²) < 4.78 is 11.1. The van der Waals surface area contributed by atoms with Crippen LogP contribution in [-0.2, 0) is 11.3 Å². The highest BCUT2D eigenvalue weighted by Gasteiger charge is 2.13. The van der Waals surface area contributed by atoms with E-state index in [2.05, 4.69) is 10.6 Å². The van der Waals surface area contributed by atoms with Gasteiger partial charge in [0.1, 0.15) is 5.76 Å². The molecule has 1 heterocycles. The molecule has 2 rings (SSSR count). The molecule has 0 aliphatic heterocycles. The van der Waals surface area contributed by atoms with E-state index < -0.39 is 0 Å². The number of methoxy groups -OCH3 is 1. The number of para-hydroxylation sites is 1. The Hall–Kier alpha value is -2.01. The first-order chi connectivity index (χ1) is 10.2. The van der Waals surface area contributed by atoms with Gasteiger partial charge in [-0.15, -0.1) is 0 Å². The van der Waals surface area contributed by atoms with Gasteiger partial charge >= 0.3 is 0 Å². The van der Waals surface area contributed by atoms with Crippen LogP contribution < -0.4 is 15.4 Å². The topological polar surface area (TPSA) is 63.5 Å². The van der Waals surface area contributed by atoms with Crippen molar-refractivity contribution < 1.29 is 13.9 Å². The van der Waals surface area contributed by atoms with Crippen molar-refractivity contribution in [2.75, 3.05) is 13.7 Å². The van der Waals surface area contributed by atoms with Crippen LogP contribution in [0.25, 0.3) is 11.0 Å². The van der Waals surface area contributed by atoms with Crippen LogP contribution in [0.5, 0.6) is 5.75 Å². The van der Waals surface area contributed by atoms with Crippen LogP contribution in [0.2, 0.25) is 0 Å². The number of rotatable bonds is 7. The highest BCUT2D eigenvalue weighted by molar-refractivity contribution is 5.84. The van der Waals surface area contributed by atoms with Gasteiger partial charge in [0.25, 0.3) is 0 Å². The standard InChI is InChI=1S/C16H22N2O3/c1-4-8-17-16(19)11(2)18-10-13-9-12-6-5-7-14(20-3)15(12)21-13/h5-7,9,11,18H,4,8,10H2,1-3H3,(H,17,19). The summed E-state index contributed by atoms with van der Waals surface area (Å²) >= 11 is 0. The van der Waals surface area contributed by atoms with Crippen LogP contribution in [0.1, 0.15) is 26.0 Å². The van der Waals surface area contributed by atoms with E-state index in [1.54, 1.807) is 7.11 Å². The highest BCUT2D eigenvalue weighted by Crippen LogP contribution is 2.28. The first-order valence-corrected chi connectivity index (χ1v) is 7.22. The van der Waals surface area contributed by atoms with Gasteiger partial charge in [0, 0.05) is 11.9 Å². The Morgan fingerprint density at radius 2 is 2.24 bits per heavy atom. The fourth-order valence-corrected chi connectivity index (χ4v) is 2.09. The van der Waals surface area contributed by atoms with Crippen LogP contribution in [0, 0.1) is 0 Å². The predicted octanol–water partition coefficient (Wildman–Crippen LogP) is 2.45. The van der Waals surface area contributed by atoms with Crippen LogP contribution in [0.3, 0.4) is 0 Å². The largest absolute Gasteiger partial charge is 0.493 e. The van der Waals surface area contributed by atoms with Gasteiger partial charge in [0.15, 0.2) is 11.3 Å². The average Bonchev–Trinajstić information content (AvgIpc) is 2.92. The molecule has 1 aromatic heterocycles.